The molecule has 0 saturated heterocycles. The summed E-state index contributed by atoms with van der Waals surface area (Å²) in [5, 5.41) is 1.04. The van der Waals surface area contributed by atoms with Crippen LogP contribution in [0.3, 0.4) is 0 Å². The molecule has 18 heavy (non-hydrogen) atoms. The van der Waals surface area contributed by atoms with Gasteiger partial charge in [0.1, 0.15) is 5.69 Å². The van der Waals surface area contributed by atoms with E-state index in [0.717, 1.165) is 16.5 Å². The molecule has 0 saturated carbocycles. The van der Waals surface area contributed by atoms with Crippen molar-refractivity contribution in [2.24, 2.45) is 0 Å². The van der Waals surface area contributed by atoms with Crippen LogP contribution in [-0.4, -0.2) is 10.8 Å². The lowest BCUT2D eigenvalue weighted by Gasteiger charge is -2.01. The molecule has 0 amide bonds. The minimum absolute atomic E-state index is 0.00199. The van der Waals surface area contributed by atoms with E-state index in [4.69, 9.17) is 4.42 Å². The van der Waals surface area contributed by atoms with Crippen LogP contribution in [0.1, 0.15) is 16.1 Å². The largest absolute Gasteiger partial charge is 0.472 e. The number of furan rings is 1. The smallest absolute Gasteiger partial charge is 0.185 e. The molecule has 0 radical (unpaired) electrons. The molecule has 0 atom stereocenters. The Balaban J connectivity index is 1.92. The first-order valence-corrected chi connectivity index (χ1v) is 5.73. The Hall–Kier alpha value is -2.42. The first kappa shape index (κ1) is 10.7. The zero-order valence-corrected chi connectivity index (χ0v) is 9.67. The molecule has 0 fully saturated rings. The number of Topliss-reactive ketones (excluding diaryl/α,β-unsaturated/α-hetero) is 1. The monoisotopic (exact) mass is 237 g/mol. The highest BCUT2D eigenvalue weighted by Crippen LogP contribution is 2.13. The summed E-state index contributed by atoms with van der Waals surface area (Å²) in [5.74, 6) is 0.00199. The van der Waals surface area contributed by atoms with Gasteiger partial charge in [0, 0.05) is 11.8 Å². The predicted octanol–water partition coefficient (Wildman–Crippen LogP) is 3.25. The fourth-order valence-corrected chi connectivity index (χ4v) is 1.89. The fourth-order valence-electron chi connectivity index (χ4n) is 1.89. The van der Waals surface area contributed by atoms with Gasteiger partial charge in [0.2, 0.25) is 0 Å². The minimum atomic E-state index is 0.00199. The van der Waals surface area contributed by atoms with Gasteiger partial charge in [0.05, 0.1) is 18.0 Å². The molecule has 0 spiro atoms. The molecule has 2 heterocycles. The Labute approximate surface area is 104 Å². The second-order valence-corrected chi connectivity index (χ2v) is 4.12. The van der Waals surface area contributed by atoms with E-state index in [9.17, 15) is 4.79 Å². The Morgan fingerprint density at radius 2 is 2.00 bits per heavy atom. The number of carbonyl (C=O) groups is 1. The van der Waals surface area contributed by atoms with E-state index in [2.05, 4.69) is 4.98 Å². The molecule has 0 N–H and O–H groups in total. The third kappa shape index (κ3) is 2.02. The standard InChI is InChI=1S/C15H11NO2/c17-15(9-11-7-8-18-10-11)14-6-5-12-3-1-2-4-13(12)16-14/h1-8,10H,9H2. The molecule has 3 aromatic rings. The van der Waals surface area contributed by atoms with Crippen molar-refractivity contribution in [1.82, 2.24) is 4.98 Å². The molecule has 0 bridgehead atoms. The van der Waals surface area contributed by atoms with Gasteiger partial charge in [-0.2, -0.15) is 0 Å². The van der Waals surface area contributed by atoms with Crippen molar-refractivity contribution in [2.45, 2.75) is 6.42 Å². The van der Waals surface area contributed by atoms with Crippen molar-refractivity contribution in [3.05, 3.63) is 66.2 Å². The predicted molar refractivity (Wildman–Crippen MR) is 68.5 cm³/mol. The van der Waals surface area contributed by atoms with E-state index in [1.54, 1.807) is 24.7 Å². The molecule has 3 rings (SSSR count). The van der Waals surface area contributed by atoms with Gasteiger partial charge in [-0.15, -0.1) is 0 Å². The number of para-hydroxylation sites is 1. The molecule has 2 aromatic heterocycles. The van der Waals surface area contributed by atoms with Gasteiger partial charge >= 0.3 is 0 Å². The summed E-state index contributed by atoms with van der Waals surface area (Å²) < 4.78 is 4.95. The van der Waals surface area contributed by atoms with E-state index in [-0.39, 0.29) is 5.78 Å². The molecule has 0 aliphatic rings. The molecular weight excluding hydrogens is 226 g/mol. The molecule has 3 heteroatoms. The molecule has 1 aromatic carbocycles. The molecular formula is C15H11NO2. The lowest BCUT2D eigenvalue weighted by Crippen LogP contribution is -2.05. The maximum atomic E-state index is 12.1. The molecule has 3 nitrogen and oxygen atoms in total. The molecule has 88 valence electrons. The normalized spacial score (nSPS) is 10.7. The van der Waals surface area contributed by atoms with Crippen LogP contribution in [-0.2, 0) is 6.42 Å². The van der Waals surface area contributed by atoms with Crippen LogP contribution in [0.4, 0.5) is 0 Å². The maximum absolute atomic E-state index is 12.1. The van der Waals surface area contributed by atoms with Crippen molar-refractivity contribution < 1.29 is 9.21 Å². The average molecular weight is 237 g/mol. The number of pyridine rings is 1. The highest BCUT2D eigenvalue weighted by atomic mass is 16.3. The number of aromatic nitrogens is 1. The Morgan fingerprint density at radius 1 is 1.11 bits per heavy atom. The number of carbonyl (C=O) groups excluding carboxylic acids is 1. The third-order valence-electron chi connectivity index (χ3n) is 2.83. The number of hydrogen-bond donors (Lipinski definition) is 0. The lowest BCUT2D eigenvalue weighted by atomic mass is 10.1. The van der Waals surface area contributed by atoms with Gasteiger partial charge in [-0.1, -0.05) is 24.3 Å². The van der Waals surface area contributed by atoms with E-state index in [0.29, 0.717) is 12.1 Å². The van der Waals surface area contributed by atoms with E-state index >= 15 is 0 Å². The number of benzene rings is 1. The van der Waals surface area contributed by atoms with Crippen molar-refractivity contribution in [3.63, 3.8) is 0 Å². The number of fused-ring (bicyclic) bond motifs is 1. The van der Waals surface area contributed by atoms with Crippen molar-refractivity contribution in [2.75, 3.05) is 0 Å². The van der Waals surface area contributed by atoms with Crippen LogP contribution in [0.15, 0.2) is 59.4 Å². The van der Waals surface area contributed by atoms with Crippen LogP contribution < -0.4 is 0 Å². The summed E-state index contributed by atoms with van der Waals surface area (Å²) in [5.41, 5.74) is 2.21. The van der Waals surface area contributed by atoms with Crippen LogP contribution in [0.2, 0.25) is 0 Å². The lowest BCUT2D eigenvalue weighted by molar-refractivity contribution is 0.0988. The molecule has 0 aliphatic heterocycles. The van der Waals surface area contributed by atoms with Gasteiger partial charge in [0.15, 0.2) is 5.78 Å². The van der Waals surface area contributed by atoms with Crippen LogP contribution in [0.5, 0.6) is 0 Å². The van der Waals surface area contributed by atoms with Crippen molar-refractivity contribution in [1.29, 1.82) is 0 Å². The number of ketones is 1. The van der Waals surface area contributed by atoms with Crippen LogP contribution in [0, 0.1) is 0 Å². The Morgan fingerprint density at radius 3 is 2.83 bits per heavy atom. The SMILES string of the molecule is O=C(Cc1ccoc1)c1ccc2ccccc2n1. The molecule has 0 unspecified atom stereocenters. The number of hydrogen-bond acceptors (Lipinski definition) is 3. The van der Waals surface area contributed by atoms with E-state index in [1.165, 1.54) is 0 Å². The highest BCUT2D eigenvalue weighted by molar-refractivity contribution is 5.97. The summed E-state index contributed by atoms with van der Waals surface area (Å²) in [4.78, 5) is 16.4. The van der Waals surface area contributed by atoms with E-state index in [1.807, 2.05) is 30.3 Å². The third-order valence-corrected chi connectivity index (χ3v) is 2.83. The topological polar surface area (TPSA) is 43.1 Å². The molecule has 0 aliphatic carbocycles. The number of nitrogens with zero attached hydrogens (tertiary/aromatic N) is 1. The number of rotatable bonds is 3. The van der Waals surface area contributed by atoms with Gasteiger partial charge in [0.25, 0.3) is 0 Å². The van der Waals surface area contributed by atoms with Crippen molar-refractivity contribution >= 4 is 16.7 Å². The van der Waals surface area contributed by atoms with Gasteiger partial charge in [-0.05, 0) is 23.8 Å². The van der Waals surface area contributed by atoms with Gasteiger partial charge in [-0.3, -0.25) is 4.79 Å². The summed E-state index contributed by atoms with van der Waals surface area (Å²) in [6.07, 6.45) is 3.47. The first-order chi connectivity index (χ1) is 8.83. The summed E-state index contributed by atoms with van der Waals surface area (Å²) >= 11 is 0. The van der Waals surface area contributed by atoms with Crippen molar-refractivity contribution in [3.8, 4) is 0 Å². The zero-order chi connectivity index (χ0) is 12.4. The van der Waals surface area contributed by atoms with Gasteiger partial charge in [-0.25, -0.2) is 4.98 Å². The second kappa shape index (κ2) is 4.45. The van der Waals surface area contributed by atoms with E-state index < -0.39 is 0 Å². The highest BCUT2D eigenvalue weighted by Gasteiger charge is 2.09. The van der Waals surface area contributed by atoms with Crippen LogP contribution >= 0.6 is 0 Å². The quantitative estimate of drug-likeness (QED) is 0.657. The Bertz CT molecular complexity index is 687. The van der Waals surface area contributed by atoms with Gasteiger partial charge < -0.3 is 4.42 Å². The minimum Gasteiger partial charge on any atom is -0.472 e. The summed E-state index contributed by atoms with van der Waals surface area (Å²) in [6, 6.07) is 13.2. The zero-order valence-electron chi connectivity index (χ0n) is 9.67. The summed E-state index contributed by atoms with van der Waals surface area (Å²) in [6.45, 7) is 0. The first-order valence-electron chi connectivity index (χ1n) is 5.73. The van der Waals surface area contributed by atoms with Crippen LogP contribution in [0.25, 0.3) is 10.9 Å². The second-order valence-electron chi connectivity index (χ2n) is 4.12. The maximum Gasteiger partial charge on any atom is 0.185 e. The summed E-state index contributed by atoms with van der Waals surface area (Å²) in [7, 11) is 0. The Kier molecular flexibility index (Phi) is 2.65. The fraction of sp³-hybridized carbons (Fsp3) is 0.0667. The average Bonchev–Trinajstić information content (AvgIpc) is 2.91.